The van der Waals surface area contributed by atoms with Crippen LogP contribution in [0.3, 0.4) is 0 Å². The summed E-state index contributed by atoms with van der Waals surface area (Å²) in [6.45, 7) is 5.07. The zero-order chi connectivity index (χ0) is 10.8. The molecule has 15 heavy (non-hydrogen) atoms. The first-order chi connectivity index (χ1) is 7.18. The maximum absolute atomic E-state index is 5.64. The van der Waals surface area contributed by atoms with E-state index < -0.39 is 0 Å². The Bertz CT molecular complexity index is 387. The zero-order valence-corrected chi connectivity index (χ0v) is 11.1. The van der Waals surface area contributed by atoms with Gasteiger partial charge in [-0.15, -0.1) is 0 Å². The zero-order valence-electron chi connectivity index (χ0n) is 8.90. The maximum Gasteiger partial charge on any atom is 0.217 e. The predicted molar refractivity (Wildman–Crippen MR) is 70.3 cm³/mol. The van der Waals surface area contributed by atoms with Crippen molar-refractivity contribution in [1.82, 2.24) is 0 Å². The molecule has 1 aromatic carbocycles. The van der Waals surface area contributed by atoms with Crippen molar-refractivity contribution in [2.24, 2.45) is 10.9 Å². The molecule has 0 unspecified atom stereocenters. The van der Waals surface area contributed by atoms with E-state index in [9.17, 15) is 0 Å². The highest BCUT2D eigenvalue weighted by Gasteiger charge is 2.23. The minimum Gasteiger partial charge on any atom is -0.475 e. The molecule has 0 amide bonds. The van der Waals surface area contributed by atoms with E-state index in [1.807, 2.05) is 12.1 Å². The Labute approximate surface area is 104 Å². The molecule has 0 N–H and O–H groups in total. The number of nitrogens with zero attached hydrogens (tertiary/aromatic N) is 1. The Morgan fingerprint density at radius 1 is 1.40 bits per heavy atom. The van der Waals surface area contributed by atoms with Gasteiger partial charge in [0.1, 0.15) is 6.61 Å². The largest absolute Gasteiger partial charge is 0.475 e. The summed E-state index contributed by atoms with van der Waals surface area (Å²) in [6.07, 6.45) is 0. The van der Waals surface area contributed by atoms with Gasteiger partial charge in [0.05, 0.1) is 6.04 Å². The van der Waals surface area contributed by atoms with Gasteiger partial charge in [-0.3, -0.25) is 0 Å². The van der Waals surface area contributed by atoms with Gasteiger partial charge in [0.15, 0.2) is 0 Å². The molecule has 0 aliphatic carbocycles. The minimum absolute atomic E-state index is 0.316. The highest BCUT2D eigenvalue weighted by atomic mass is 127. The molecule has 3 heteroatoms. The number of hydrogen-bond acceptors (Lipinski definition) is 2. The van der Waals surface area contributed by atoms with Gasteiger partial charge in [-0.1, -0.05) is 26.0 Å². The van der Waals surface area contributed by atoms with Gasteiger partial charge in [-0.25, -0.2) is 4.99 Å². The van der Waals surface area contributed by atoms with Gasteiger partial charge in [-0.2, -0.15) is 0 Å². The molecule has 1 aliphatic heterocycles. The summed E-state index contributed by atoms with van der Waals surface area (Å²) < 4.78 is 6.83. The van der Waals surface area contributed by atoms with Gasteiger partial charge in [0, 0.05) is 9.13 Å². The van der Waals surface area contributed by atoms with E-state index in [4.69, 9.17) is 4.74 Å². The molecule has 0 bridgehead atoms. The van der Waals surface area contributed by atoms with E-state index in [-0.39, 0.29) is 0 Å². The highest BCUT2D eigenvalue weighted by molar-refractivity contribution is 14.1. The van der Waals surface area contributed by atoms with Crippen molar-refractivity contribution in [2.75, 3.05) is 6.61 Å². The average molecular weight is 315 g/mol. The maximum atomic E-state index is 5.64. The van der Waals surface area contributed by atoms with Gasteiger partial charge < -0.3 is 4.74 Å². The smallest absolute Gasteiger partial charge is 0.217 e. The van der Waals surface area contributed by atoms with Crippen molar-refractivity contribution >= 4 is 28.5 Å². The Morgan fingerprint density at radius 2 is 2.13 bits per heavy atom. The summed E-state index contributed by atoms with van der Waals surface area (Å²) >= 11 is 2.31. The van der Waals surface area contributed by atoms with Crippen LogP contribution >= 0.6 is 22.6 Å². The van der Waals surface area contributed by atoms with Gasteiger partial charge >= 0.3 is 0 Å². The number of aliphatic imine (C=N–C) groups is 1. The Hall–Kier alpha value is -0.580. The lowest BCUT2D eigenvalue weighted by molar-refractivity contribution is 0.291. The van der Waals surface area contributed by atoms with Crippen LogP contribution in [0.2, 0.25) is 0 Å². The second-order valence-electron chi connectivity index (χ2n) is 4.04. The van der Waals surface area contributed by atoms with Crippen LogP contribution in [0.25, 0.3) is 0 Å². The highest BCUT2D eigenvalue weighted by Crippen LogP contribution is 2.20. The summed E-state index contributed by atoms with van der Waals surface area (Å²) in [5.74, 6) is 1.35. The Balaban J connectivity index is 2.27. The summed E-state index contributed by atoms with van der Waals surface area (Å²) in [5.41, 5.74) is 1.11. The van der Waals surface area contributed by atoms with E-state index in [2.05, 4.69) is 53.6 Å². The standard InChI is InChI=1S/C12H14INO/c1-8(2)11-7-15-12(14-11)9-5-3-4-6-10(9)13/h3-6,8,11H,7H2,1-2H3/t11-/m0/s1. The molecule has 0 spiro atoms. The van der Waals surface area contributed by atoms with E-state index in [0.29, 0.717) is 12.0 Å². The van der Waals surface area contributed by atoms with Crippen LogP contribution in [0.1, 0.15) is 19.4 Å². The van der Waals surface area contributed by atoms with Crippen LogP contribution in [0.15, 0.2) is 29.3 Å². The van der Waals surface area contributed by atoms with E-state index >= 15 is 0 Å². The molecular weight excluding hydrogens is 301 g/mol. The second-order valence-corrected chi connectivity index (χ2v) is 5.20. The fourth-order valence-electron chi connectivity index (χ4n) is 1.51. The van der Waals surface area contributed by atoms with Crippen LogP contribution in [0.5, 0.6) is 0 Å². The third kappa shape index (κ3) is 2.33. The number of halogens is 1. The monoisotopic (exact) mass is 315 g/mol. The first-order valence-corrected chi connectivity index (χ1v) is 6.22. The normalized spacial score (nSPS) is 20.3. The molecule has 0 saturated heterocycles. The Morgan fingerprint density at radius 3 is 2.73 bits per heavy atom. The van der Waals surface area contributed by atoms with Crippen LogP contribution in [-0.2, 0) is 4.74 Å². The quantitative estimate of drug-likeness (QED) is 0.769. The Kier molecular flexibility index (Phi) is 3.29. The molecule has 1 aromatic rings. The van der Waals surface area contributed by atoms with Crippen LogP contribution in [0, 0.1) is 9.49 Å². The van der Waals surface area contributed by atoms with Crippen molar-refractivity contribution in [3.63, 3.8) is 0 Å². The summed E-state index contributed by atoms with van der Waals surface area (Å²) in [4.78, 5) is 4.61. The van der Waals surface area contributed by atoms with Crippen molar-refractivity contribution < 1.29 is 4.74 Å². The molecule has 0 aromatic heterocycles. The van der Waals surface area contributed by atoms with Gasteiger partial charge in [0.25, 0.3) is 0 Å². The molecular formula is C12H14INO. The van der Waals surface area contributed by atoms with E-state index in [0.717, 1.165) is 18.1 Å². The number of rotatable bonds is 2. The van der Waals surface area contributed by atoms with Crippen molar-refractivity contribution in [1.29, 1.82) is 0 Å². The lowest BCUT2D eigenvalue weighted by Gasteiger charge is -2.06. The summed E-state index contributed by atoms with van der Waals surface area (Å²) in [7, 11) is 0. The molecule has 0 radical (unpaired) electrons. The van der Waals surface area contributed by atoms with Crippen molar-refractivity contribution in [3.8, 4) is 0 Å². The molecule has 2 nitrogen and oxygen atoms in total. The average Bonchev–Trinajstić information content (AvgIpc) is 2.67. The van der Waals surface area contributed by atoms with Gasteiger partial charge in [0.2, 0.25) is 5.90 Å². The molecule has 0 fully saturated rings. The lowest BCUT2D eigenvalue weighted by atomic mass is 10.1. The number of hydrogen-bond donors (Lipinski definition) is 0. The van der Waals surface area contributed by atoms with Crippen LogP contribution in [-0.4, -0.2) is 18.5 Å². The fourth-order valence-corrected chi connectivity index (χ4v) is 2.13. The van der Waals surface area contributed by atoms with E-state index in [1.165, 1.54) is 3.57 Å². The van der Waals surface area contributed by atoms with Crippen molar-refractivity contribution in [3.05, 3.63) is 33.4 Å². The third-order valence-electron chi connectivity index (χ3n) is 2.55. The molecule has 80 valence electrons. The predicted octanol–water partition coefficient (Wildman–Crippen LogP) is 3.09. The molecule has 1 atom stereocenters. The van der Waals surface area contributed by atoms with Crippen LogP contribution < -0.4 is 0 Å². The molecule has 2 rings (SSSR count). The number of benzene rings is 1. The SMILES string of the molecule is CC(C)[C@@H]1COC(c2ccccc2I)=N1. The third-order valence-corrected chi connectivity index (χ3v) is 3.49. The molecule has 1 aliphatic rings. The van der Waals surface area contributed by atoms with E-state index in [1.54, 1.807) is 0 Å². The summed E-state index contributed by atoms with van der Waals surface area (Å²) in [5, 5.41) is 0. The van der Waals surface area contributed by atoms with Crippen molar-refractivity contribution in [2.45, 2.75) is 19.9 Å². The summed E-state index contributed by atoms with van der Waals surface area (Å²) in [6, 6.07) is 8.50. The van der Waals surface area contributed by atoms with Gasteiger partial charge in [-0.05, 0) is 40.6 Å². The molecule has 1 heterocycles. The topological polar surface area (TPSA) is 21.6 Å². The first-order valence-electron chi connectivity index (χ1n) is 5.14. The lowest BCUT2D eigenvalue weighted by Crippen LogP contribution is -2.13. The molecule has 0 saturated carbocycles. The number of ether oxygens (including phenoxy) is 1. The first kappa shape index (κ1) is 10.9. The fraction of sp³-hybridized carbons (Fsp3) is 0.417. The van der Waals surface area contributed by atoms with Crippen LogP contribution in [0.4, 0.5) is 0 Å². The second kappa shape index (κ2) is 4.51. The minimum atomic E-state index is 0.316.